The van der Waals surface area contributed by atoms with Gasteiger partial charge in [0.15, 0.2) is 18.3 Å². The quantitative estimate of drug-likeness (QED) is 0.354. The van der Waals surface area contributed by atoms with E-state index in [9.17, 15) is 25.9 Å². The molecule has 11 heavy (non-hydrogen) atoms. The fraction of sp³-hybridized carbons (Fsp3) is 0. The zero-order valence-corrected chi connectivity index (χ0v) is 12.5. The molecule has 0 aliphatic rings. The van der Waals surface area contributed by atoms with Crippen LogP contribution in [-0.2, 0) is 18.3 Å². The van der Waals surface area contributed by atoms with Gasteiger partial charge in [-0.05, 0) is 0 Å². The Morgan fingerprint density at radius 2 is 1.00 bits per heavy atom. The van der Waals surface area contributed by atoms with E-state index in [-0.39, 0.29) is 48.9 Å². The normalized spacial score (nSPS) is 12.2. The van der Waals surface area contributed by atoms with E-state index in [4.69, 9.17) is 0 Å². The van der Waals surface area contributed by atoms with Crippen molar-refractivity contribution in [1.29, 1.82) is 0 Å². The average molecular weight is 362 g/mol. The topological polar surface area (TPSA) is 114 Å². The van der Waals surface area contributed by atoms with Crippen molar-refractivity contribution in [2.45, 2.75) is 0 Å². The standard InChI is InChI=1S/Ba.H2O6S4/c;1-9(2,3)7-8-10(4,5)6/h;(H,1,2,3)(H,4,5,6)/q+2;/p-2. The Hall–Kier alpha value is 2.09. The molecule has 6 nitrogen and oxygen atoms in total. The summed E-state index contributed by atoms with van der Waals surface area (Å²) < 4.78 is 58.0. The molecular formula is BaO6S4. The van der Waals surface area contributed by atoms with Gasteiger partial charge < -0.3 is 9.11 Å². The van der Waals surface area contributed by atoms with E-state index < -0.39 is 38.0 Å². The molecule has 0 saturated heterocycles. The first kappa shape index (κ1) is 15.6. The number of rotatable bonds is 3. The molecule has 0 aromatic rings. The molecule has 0 aromatic carbocycles. The van der Waals surface area contributed by atoms with E-state index in [0.29, 0.717) is 0 Å². The fourth-order valence-electron chi connectivity index (χ4n) is 0.0680. The molecular weight excluding hydrogens is 362 g/mol. The maximum absolute atomic E-state index is 9.66. The summed E-state index contributed by atoms with van der Waals surface area (Å²) in [4.78, 5) is 0. The SMILES string of the molecule is O=S(=O)([O-])SSS(=O)(=O)[O-].[Ba+2]. The van der Waals surface area contributed by atoms with Gasteiger partial charge in [-0.3, -0.25) is 0 Å². The van der Waals surface area contributed by atoms with E-state index >= 15 is 0 Å². The summed E-state index contributed by atoms with van der Waals surface area (Å²) in [7, 11) is -10.5. The Balaban J connectivity index is 0. The van der Waals surface area contributed by atoms with Gasteiger partial charge in [0, 0.05) is 19.7 Å². The van der Waals surface area contributed by atoms with Gasteiger partial charge >= 0.3 is 48.9 Å². The third-order valence-corrected chi connectivity index (χ3v) is 6.75. The molecule has 0 atom stereocenters. The molecule has 0 aromatic heterocycles. The molecule has 62 valence electrons. The van der Waals surface area contributed by atoms with Crippen LogP contribution in [-0.4, -0.2) is 74.8 Å². The zero-order valence-electron chi connectivity index (χ0n) is 4.79. The van der Waals surface area contributed by atoms with Gasteiger partial charge in [0.05, 0.1) is 0 Å². The van der Waals surface area contributed by atoms with Crippen LogP contribution in [0.25, 0.3) is 0 Å². The van der Waals surface area contributed by atoms with Crippen LogP contribution in [0.1, 0.15) is 0 Å². The minimum absolute atomic E-state index is 0. The third-order valence-electron chi connectivity index (χ3n) is 0.194. The van der Waals surface area contributed by atoms with Crippen LogP contribution in [0.5, 0.6) is 0 Å². The molecule has 0 bridgehead atoms. The predicted molar refractivity (Wildman–Crippen MR) is 40.3 cm³/mol. The van der Waals surface area contributed by atoms with Crippen LogP contribution in [0, 0.1) is 0 Å². The average Bonchev–Trinajstić information content (AvgIpc) is 1.57. The van der Waals surface area contributed by atoms with E-state index in [2.05, 4.69) is 0 Å². The molecule has 0 radical (unpaired) electrons. The van der Waals surface area contributed by atoms with Crippen LogP contribution < -0.4 is 0 Å². The molecule has 11 heteroatoms. The Morgan fingerprint density at radius 3 is 1.09 bits per heavy atom. The Labute approximate surface area is 111 Å². The summed E-state index contributed by atoms with van der Waals surface area (Å²) in [6.07, 6.45) is 0. The van der Waals surface area contributed by atoms with Gasteiger partial charge in [-0.1, -0.05) is 0 Å². The summed E-state index contributed by atoms with van der Waals surface area (Å²) >= 11 is 0. The van der Waals surface area contributed by atoms with Crippen LogP contribution in [0.2, 0.25) is 0 Å². The van der Waals surface area contributed by atoms with Crippen molar-refractivity contribution < 1.29 is 25.9 Å². The smallest absolute Gasteiger partial charge is 0.739 e. The summed E-state index contributed by atoms with van der Waals surface area (Å²) in [6, 6.07) is 0. The second-order valence-corrected chi connectivity index (χ2v) is 8.57. The van der Waals surface area contributed by atoms with Crippen molar-refractivity contribution in [3.05, 3.63) is 0 Å². The molecule has 0 saturated carbocycles. The Morgan fingerprint density at radius 1 is 0.818 bits per heavy atom. The third kappa shape index (κ3) is 14.9. The number of hydrogen-bond donors (Lipinski definition) is 0. The van der Waals surface area contributed by atoms with Gasteiger partial charge in [-0.15, -0.1) is 0 Å². The zero-order chi connectivity index (χ0) is 8.41. The van der Waals surface area contributed by atoms with Crippen molar-refractivity contribution in [3.8, 4) is 0 Å². The van der Waals surface area contributed by atoms with E-state index in [0.717, 1.165) is 0 Å². The van der Waals surface area contributed by atoms with Crippen molar-refractivity contribution in [2.75, 3.05) is 0 Å². The van der Waals surface area contributed by atoms with E-state index in [1.165, 1.54) is 0 Å². The first-order valence-electron chi connectivity index (χ1n) is 1.50. The molecule has 0 unspecified atom stereocenters. The van der Waals surface area contributed by atoms with Crippen LogP contribution in [0.4, 0.5) is 0 Å². The largest absolute Gasteiger partial charge is 2.00 e. The van der Waals surface area contributed by atoms with E-state index in [1.807, 2.05) is 0 Å². The maximum Gasteiger partial charge on any atom is 2.00 e. The maximum atomic E-state index is 9.66. The van der Waals surface area contributed by atoms with Gasteiger partial charge in [-0.2, -0.15) is 0 Å². The Bertz CT molecular complexity index is 251. The summed E-state index contributed by atoms with van der Waals surface area (Å²) in [5.41, 5.74) is 0. The Kier molecular flexibility index (Phi) is 8.13. The van der Waals surface area contributed by atoms with Crippen LogP contribution in [0.15, 0.2) is 0 Å². The summed E-state index contributed by atoms with van der Waals surface area (Å²) in [5, 5.41) is 0. The second kappa shape index (κ2) is 5.74. The first-order valence-corrected chi connectivity index (χ1v) is 7.50. The molecule has 0 amide bonds. The summed E-state index contributed by atoms with van der Waals surface area (Å²) in [6.45, 7) is 0. The van der Waals surface area contributed by atoms with Crippen molar-refractivity contribution in [3.63, 3.8) is 0 Å². The summed E-state index contributed by atoms with van der Waals surface area (Å²) in [5.74, 6) is 0. The predicted octanol–water partition coefficient (Wildman–Crippen LogP) is -1.09. The molecule has 0 N–H and O–H groups in total. The fourth-order valence-corrected chi connectivity index (χ4v) is 5.51. The van der Waals surface area contributed by atoms with Gasteiger partial charge in [0.1, 0.15) is 0 Å². The monoisotopic (exact) mass is 362 g/mol. The molecule has 0 aliphatic heterocycles. The number of hydrogen-bond acceptors (Lipinski definition) is 8. The molecule has 0 fully saturated rings. The van der Waals surface area contributed by atoms with E-state index in [1.54, 1.807) is 0 Å². The van der Waals surface area contributed by atoms with Crippen molar-refractivity contribution >= 4 is 86.8 Å². The second-order valence-electron chi connectivity index (χ2n) is 0.953. The molecule has 0 aliphatic carbocycles. The van der Waals surface area contributed by atoms with Gasteiger partial charge in [0.2, 0.25) is 0 Å². The molecule has 0 spiro atoms. The van der Waals surface area contributed by atoms with Crippen LogP contribution in [0.3, 0.4) is 0 Å². The van der Waals surface area contributed by atoms with Crippen molar-refractivity contribution in [1.82, 2.24) is 0 Å². The van der Waals surface area contributed by atoms with Gasteiger partial charge in [0.25, 0.3) is 0 Å². The first-order chi connectivity index (χ1) is 4.21. The van der Waals surface area contributed by atoms with Gasteiger partial charge in [-0.25, -0.2) is 16.8 Å². The van der Waals surface area contributed by atoms with Crippen LogP contribution >= 0.6 is 19.7 Å². The molecule has 0 rings (SSSR count). The minimum atomic E-state index is -4.71. The molecule has 0 heterocycles. The van der Waals surface area contributed by atoms with Crippen molar-refractivity contribution in [2.24, 2.45) is 0 Å². The minimum Gasteiger partial charge on any atom is -0.739 e.